The number of para-hydroxylation sites is 1. The van der Waals surface area contributed by atoms with Crippen LogP contribution in [0.25, 0.3) is 10.2 Å². The number of hydrogen-bond donors (Lipinski definition) is 1. The van der Waals surface area contributed by atoms with E-state index in [1.54, 1.807) is 6.07 Å². The van der Waals surface area contributed by atoms with Crippen molar-refractivity contribution in [2.45, 2.75) is 13.8 Å². The predicted octanol–water partition coefficient (Wildman–Crippen LogP) is 4.13. The monoisotopic (exact) mass is 355 g/mol. The highest BCUT2D eigenvalue weighted by atomic mass is 32.1. The van der Waals surface area contributed by atoms with Crippen molar-refractivity contribution >= 4 is 38.3 Å². The number of amides is 1. The molecule has 1 fully saturated rings. The smallest absolute Gasteiger partial charge is 0.231 e. The maximum absolute atomic E-state index is 13.3. The highest BCUT2D eigenvalue weighted by Gasteiger charge is 2.34. The van der Waals surface area contributed by atoms with Gasteiger partial charge in [0.15, 0.2) is 5.13 Å². The first-order chi connectivity index (χ1) is 12.0. The molecular formula is C19H18FN3OS. The number of rotatable bonds is 3. The first kappa shape index (κ1) is 16.0. The standard InChI is InChI=1S/C19H18FN3OS/c1-11-4-3-5-12(2)17(11)22-18(24)13-9-23(10-13)19-21-15-7-6-14(20)8-16(15)25-19/h3-8,13H,9-10H2,1-2H3,(H,22,24). The van der Waals surface area contributed by atoms with Crippen LogP contribution in [0.5, 0.6) is 0 Å². The van der Waals surface area contributed by atoms with Gasteiger partial charge in [-0.05, 0) is 43.2 Å². The minimum absolute atomic E-state index is 0.0424. The number of halogens is 1. The van der Waals surface area contributed by atoms with Gasteiger partial charge < -0.3 is 10.2 Å². The van der Waals surface area contributed by atoms with Gasteiger partial charge in [0.1, 0.15) is 5.82 Å². The van der Waals surface area contributed by atoms with E-state index < -0.39 is 0 Å². The summed E-state index contributed by atoms with van der Waals surface area (Å²) in [4.78, 5) is 19.1. The highest BCUT2D eigenvalue weighted by Crippen LogP contribution is 2.33. The van der Waals surface area contributed by atoms with E-state index in [1.165, 1.54) is 23.5 Å². The zero-order valence-corrected chi connectivity index (χ0v) is 14.9. The number of nitrogens with one attached hydrogen (secondary N) is 1. The minimum Gasteiger partial charge on any atom is -0.346 e. The summed E-state index contributed by atoms with van der Waals surface area (Å²) in [6.07, 6.45) is 0. The summed E-state index contributed by atoms with van der Waals surface area (Å²) in [5.41, 5.74) is 3.83. The van der Waals surface area contributed by atoms with Crippen molar-refractivity contribution in [3.63, 3.8) is 0 Å². The van der Waals surface area contributed by atoms with Gasteiger partial charge >= 0.3 is 0 Å². The number of fused-ring (bicyclic) bond motifs is 1. The molecule has 2 heterocycles. The molecule has 128 valence electrons. The van der Waals surface area contributed by atoms with Crippen molar-refractivity contribution in [2.75, 3.05) is 23.3 Å². The van der Waals surface area contributed by atoms with Crippen molar-refractivity contribution in [3.8, 4) is 0 Å². The normalized spacial score (nSPS) is 14.6. The van der Waals surface area contributed by atoms with Crippen LogP contribution in [0, 0.1) is 25.6 Å². The van der Waals surface area contributed by atoms with Crippen LogP contribution in [0.3, 0.4) is 0 Å². The Labute approximate surface area is 149 Å². The second-order valence-corrected chi connectivity index (χ2v) is 7.48. The fraction of sp³-hybridized carbons (Fsp3) is 0.263. The van der Waals surface area contributed by atoms with Crippen LogP contribution in [0.4, 0.5) is 15.2 Å². The second kappa shape index (κ2) is 6.11. The summed E-state index contributed by atoms with van der Waals surface area (Å²) in [5, 5.41) is 3.90. The third kappa shape index (κ3) is 2.98. The van der Waals surface area contributed by atoms with Crippen LogP contribution in [0.2, 0.25) is 0 Å². The van der Waals surface area contributed by atoms with Crippen LogP contribution in [0.15, 0.2) is 36.4 Å². The molecule has 0 radical (unpaired) electrons. The van der Waals surface area contributed by atoms with Crippen LogP contribution in [-0.2, 0) is 4.79 Å². The summed E-state index contributed by atoms with van der Waals surface area (Å²) < 4.78 is 14.1. The summed E-state index contributed by atoms with van der Waals surface area (Å²) in [7, 11) is 0. The van der Waals surface area contributed by atoms with Gasteiger partial charge in [0.25, 0.3) is 0 Å². The van der Waals surface area contributed by atoms with Crippen LogP contribution in [0.1, 0.15) is 11.1 Å². The lowest BCUT2D eigenvalue weighted by Gasteiger charge is -2.38. The van der Waals surface area contributed by atoms with Crippen LogP contribution >= 0.6 is 11.3 Å². The number of carbonyl (C=O) groups excluding carboxylic acids is 1. The molecule has 2 aromatic carbocycles. The molecule has 0 saturated carbocycles. The molecule has 1 aromatic heterocycles. The first-order valence-corrected chi connectivity index (χ1v) is 9.01. The number of anilines is 2. The van der Waals surface area contributed by atoms with E-state index in [-0.39, 0.29) is 17.6 Å². The van der Waals surface area contributed by atoms with Gasteiger partial charge in [-0.3, -0.25) is 4.79 Å². The van der Waals surface area contributed by atoms with Gasteiger partial charge in [0.2, 0.25) is 5.91 Å². The summed E-state index contributed by atoms with van der Waals surface area (Å²) in [6.45, 7) is 5.27. The van der Waals surface area contributed by atoms with Crippen molar-refractivity contribution < 1.29 is 9.18 Å². The molecule has 0 unspecified atom stereocenters. The SMILES string of the molecule is Cc1cccc(C)c1NC(=O)C1CN(c2nc3ccc(F)cc3s2)C1. The fourth-order valence-corrected chi connectivity index (χ4v) is 4.07. The van der Waals surface area contributed by atoms with Gasteiger partial charge in [-0.1, -0.05) is 29.5 Å². The molecule has 6 heteroatoms. The van der Waals surface area contributed by atoms with Crippen molar-refractivity contribution in [2.24, 2.45) is 5.92 Å². The Bertz CT molecular complexity index is 942. The number of aryl methyl sites for hydroxylation is 2. The second-order valence-electron chi connectivity index (χ2n) is 6.47. The number of benzene rings is 2. The third-order valence-electron chi connectivity index (χ3n) is 4.59. The zero-order valence-electron chi connectivity index (χ0n) is 14.0. The molecule has 1 saturated heterocycles. The fourth-order valence-electron chi connectivity index (χ4n) is 3.06. The number of aromatic nitrogens is 1. The minimum atomic E-state index is -0.253. The van der Waals surface area contributed by atoms with Crippen molar-refractivity contribution in [3.05, 3.63) is 53.3 Å². The van der Waals surface area contributed by atoms with E-state index in [0.29, 0.717) is 13.1 Å². The highest BCUT2D eigenvalue weighted by molar-refractivity contribution is 7.22. The van der Waals surface area contributed by atoms with Gasteiger partial charge in [-0.25, -0.2) is 9.37 Å². The molecule has 3 aromatic rings. The first-order valence-electron chi connectivity index (χ1n) is 8.19. The van der Waals surface area contributed by atoms with Gasteiger partial charge in [-0.2, -0.15) is 0 Å². The molecule has 25 heavy (non-hydrogen) atoms. The number of nitrogens with zero attached hydrogens (tertiary/aromatic N) is 2. The molecule has 0 spiro atoms. The van der Waals surface area contributed by atoms with Gasteiger partial charge in [0.05, 0.1) is 16.1 Å². The van der Waals surface area contributed by atoms with Crippen molar-refractivity contribution in [1.82, 2.24) is 4.98 Å². The average molecular weight is 355 g/mol. The van der Waals surface area contributed by atoms with E-state index in [1.807, 2.05) is 32.0 Å². The Morgan fingerprint density at radius 1 is 1.24 bits per heavy atom. The Balaban J connectivity index is 1.43. The molecule has 0 bridgehead atoms. The maximum atomic E-state index is 13.3. The van der Waals surface area contributed by atoms with E-state index in [2.05, 4.69) is 15.2 Å². The van der Waals surface area contributed by atoms with E-state index in [0.717, 1.165) is 32.2 Å². The summed E-state index contributed by atoms with van der Waals surface area (Å²) >= 11 is 1.46. The lowest BCUT2D eigenvalue weighted by molar-refractivity contribution is -0.120. The average Bonchev–Trinajstić information content (AvgIpc) is 2.92. The van der Waals surface area contributed by atoms with Crippen LogP contribution < -0.4 is 10.2 Å². The molecule has 0 aliphatic carbocycles. The Morgan fingerprint density at radius 2 is 1.96 bits per heavy atom. The van der Waals surface area contributed by atoms with Crippen LogP contribution in [-0.4, -0.2) is 24.0 Å². The largest absolute Gasteiger partial charge is 0.346 e. The molecule has 1 aliphatic rings. The van der Waals surface area contributed by atoms with Gasteiger partial charge in [-0.15, -0.1) is 0 Å². The van der Waals surface area contributed by atoms with E-state index >= 15 is 0 Å². The van der Waals surface area contributed by atoms with E-state index in [4.69, 9.17) is 0 Å². The molecule has 0 atom stereocenters. The van der Waals surface area contributed by atoms with E-state index in [9.17, 15) is 9.18 Å². The number of thiazole rings is 1. The summed E-state index contributed by atoms with van der Waals surface area (Å²) in [6, 6.07) is 10.6. The topological polar surface area (TPSA) is 45.2 Å². The molecule has 1 aliphatic heterocycles. The number of carbonyl (C=O) groups is 1. The quantitative estimate of drug-likeness (QED) is 0.768. The number of hydrogen-bond acceptors (Lipinski definition) is 4. The lowest BCUT2D eigenvalue weighted by Crippen LogP contribution is -2.52. The molecule has 4 rings (SSSR count). The lowest BCUT2D eigenvalue weighted by atomic mass is 9.99. The molecule has 1 amide bonds. The molecule has 4 nitrogen and oxygen atoms in total. The predicted molar refractivity (Wildman–Crippen MR) is 99.8 cm³/mol. The summed E-state index contributed by atoms with van der Waals surface area (Å²) in [5.74, 6) is -0.263. The Hall–Kier alpha value is -2.47. The third-order valence-corrected chi connectivity index (χ3v) is 5.67. The zero-order chi connectivity index (χ0) is 17.6. The Morgan fingerprint density at radius 3 is 2.68 bits per heavy atom. The van der Waals surface area contributed by atoms with Gasteiger partial charge in [0, 0.05) is 18.8 Å². The molecular weight excluding hydrogens is 337 g/mol. The Kier molecular flexibility index (Phi) is 3.92. The van der Waals surface area contributed by atoms with Crippen molar-refractivity contribution in [1.29, 1.82) is 0 Å². The molecule has 1 N–H and O–H groups in total. The maximum Gasteiger partial charge on any atom is 0.231 e.